The number of methoxy groups -OCH3 is 1. The van der Waals surface area contributed by atoms with E-state index in [1.165, 1.54) is 0 Å². The minimum atomic E-state index is -0.0628. The number of nitrogens with two attached hydrogens (primary N) is 1. The Hall–Kier alpha value is -2.01. The molecule has 4 nitrogen and oxygen atoms in total. The van der Waals surface area contributed by atoms with Crippen LogP contribution in [-0.4, -0.2) is 13.0 Å². The highest BCUT2D eigenvalue weighted by molar-refractivity contribution is 9.10. The van der Waals surface area contributed by atoms with E-state index in [1.807, 2.05) is 36.4 Å². The van der Waals surface area contributed by atoms with Gasteiger partial charge in [-0.05, 0) is 46.1 Å². The van der Waals surface area contributed by atoms with Gasteiger partial charge >= 0.3 is 0 Å². The van der Waals surface area contributed by atoms with Crippen molar-refractivity contribution in [2.24, 2.45) is 0 Å². The molecule has 0 fully saturated rings. The number of nitrogens with one attached hydrogen (secondary N) is 1. The average molecular weight is 349 g/mol. The Morgan fingerprint density at radius 2 is 2.05 bits per heavy atom. The first-order chi connectivity index (χ1) is 10.1. The first-order valence-corrected chi connectivity index (χ1v) is 7.36. The van der Waals surface area contributed by atoms with Crippen molar-refractivity contribution >= 4 is 33.2 Å². The number of ether oxygens (including phenoxy) is 1. The van der Waals surface area contributed by atoms with Crippen molar-refractivity contribution in [1.29, 1.82) is 0 Å². The van der Waals surface area contributed by atoms with Crippen LogP contribution in [0.15, 0.2) is 46.9 Å². The number of anilines is 2. The summed E-state index contributed by atoms with van der Waals surface area (Å²) in [6, 6.07) is 13.0. The molecule has 0 bridgehead atoms. The summed E-state index contributed by atoms with van der Waals surface area (Å²) in [4.78, 5) is 12.0. The molecule has 2 rings (SSSR count). The van der Waals surface area contributed by atoms with Crippen molar-refractivity contribution in [3.63, 3.8) is 0 Å². The molecule has 1 amide bonds. The number of amides is 1. The van der Waals surface area contributed by atoms with Crippen molar-refractivity contribution in [2.75, 3.05) is 18.2 Å². The van der Waals surface area contributed by atoms with Crippen LogP contribution in [0.1, 0.15) is 12.0 Å². The second kappa shape index (κ2) is 7.13. The van der Waals surface area contributed by atoms with Crippen molar-refractivity contribution in [3.05, 3.63) is 52.5 Å². The van der Waals surface area contributed by atoms with E-state index in [0.717, 1.165) is 10.0 Å². The first kappa shape index (κ1) is 15.4. The summed E-state index contributed by atoms with van der Waals surface area (Å²) in [5.41, 5.74) is 8.26. The van der Waals surface area contributed by atoms with Crippen LogP contribution in [-0.2, 0) is 11.2 Å². The molecule has 2 aromatic rings. The lowest BCUT2D eigenvalue weighted by Gasteiger charge is -2.10. The highest BCUT2D eigenvalue weighted by Crippen LogP contribution is 2.27. The smallest absolute Gasteiger partial charge is 0.224 e. The van der Waals surface area contributed by atoms with E-state index in [-0.39, 0.29) is 5.91 Å². The van der Waals surface area contributed by atoms with Crippen molar-refractivity contribution in [2.45, 2.75) is 12.8 Å². The molecule has 0 atom stereocenters. The number of aryl methyl sites for hydroxylation is 1. The zero-order valence-electron chi connectivity index (χ0n) is 11.7. The number of hydrogen-bond acceptors (Lipinski definition) is 3. The third kappa shape index (κ3) is 4.23. The van der Waals surface area contributed by atoms with Crippen molar-refractivity contribution < 1.29 is 9.53 Å². The first-order valence-electron chi connectivity index (χ1n) is 6.57. The SMILES string of the molecule is COc1ccc(Br)c(NC(=O)CCc2ccccc2N)c1. The molecule has 21 heavy (non-hydrogen) atoms. The maximum absolute atomic E-state index is 12.0. The largest absolute Gasteiger partial charge is 0.497 e. The highest BCUT2D eigenvalue weighted by atomic mass is 79.9. The van der Waals surface area contributed by atoms with Crippen molar-refractivity contribution in [1.82, 2.24) is 0 Å². The monoisotopic (exact) mass is 348 g/mol. The van der Waals surface area contributed by atoms with Gasteiger partial charge in [-0.25, -0.2) is 0 Å². The molecule has 0 aliphatic carbocycles. The molecular weight excluding hydrogens is 332 g/mol. The summed E-state index contributed by atoms with van der Waals surface area (Å²) in [5, 5.41) is 2.87. The third-order valence-corrected chi connectivity index (χ3v) is 3.82. The zero-order chi connectivity index (χ0) is 15.2. The van der Waals surface area contributed by atoms with Gasteiger partial charge in [-0.1, -0.05) is 18.2 Å². The number of hydrogen-bond donors (Lipinski definition) is 2. The predicted molar refractivity (Wildman–Crippen MR) is 88.5 cm³/mol. The fourth-order valence-corrected chi connectivity index (χ4v) is 2.30. The highest BCUT2D eigenvalue weighted by Gasteiger charge is 2.08. The second-order valence-corrected chi connectivity index (χ2v) is 5.45. The predicted octanol–water partition coefficient (Wildman–Crippen LogP) is 3.61. The van der Waals surface area contributed by atoms with Gasteiger partial charge in [-0.2, -0.15) is 0 Å². The van der Waals surface area contributed by atoms with E-state index in [0.29, 0.717) is 30.0 Å². The van der Waals surface area contributed by atoms with Crippen LogP contribution in [0.3, 0.4) is 0 Å². The van der Waals surface area contributed by atoms with Gasteiger partial charge in [-0.3, -0.25) is 4.79 Å². The quantitative estimate of drug-likeness (QED) is 0.811. The lowest BCUT2D eigenvalue weighted by molar-refractivity contribution is -0.116. The topological polar surface area (TPSA) is 64.3 Å². The molecule has 0 heterocycles. The van der Waals surface area contributed by atoms with E-state index in [4.69, 9.17) is 10.5 Å². The van der Waals surface area contributed by atoms with Crippen LogP contribution < -0.4 is 15.8 Å². The van der Waals surface area contributed by atoms with Gasteiger partial charge in [0.1, 0.15) is 5.75 Å². The number of carbonyl (C=O) groups is 1. The van der Waals surface area contributed by atoms with Crippen LogP contribution in [0.5, 0.6) is 5.75 Å². The molecule has 110 valence electrons. The number of benzene rings is 2. The van der Waals surface area contributed by atoms with Gasteiger partial charge < -0.3 is 15.8 Å². The summed E-state index contributed by atoms with van der Waals surface area (Å²) in [6.07, 6.45) is 0.984. The normalized spacial score (nSPS) is 10.2. The number of nitrogen functional groups attached to an aromatic ring is 1. The van der Waals surface area contributed by atoms with Gasteiger partial charge in [-0.15, -0.1) is 0 Å². The van der Waals surface area contributed by atoms with E-state index in [2.05, 4.69) is 21.2 Å². The van der Waals surface area contributed by atoms with E-state index in [9.17, 15) is 4.79 Å². The molecule has 0 spiro atoms. The van der Waals surface area contributed by atoms with Gasteiger partial charge in [0.25, 0.3) is 0 Å². The molecular formula is C16H17BrN2O2. The van der Waals surface area contributed by atoms with E-state index < -0.39 is 0 Å². The maximum atomic E-state index is 12.0. The van der Waals surface area contributed by atoms with Crippen LogP contribution in [0.4, 0.5) is 11.4 Å². The molecule has 0 radical (unpaired) electrons. The fourth-order valence-electron chi connectivity index (χ4n) is 1.95. The molecule has 3 N–H and O–H groups in total. The number of halogens is 1. The lowest BCUT2D eigenvalue weighted by Crippen LogP contribution is -2.13. The Bertz CT molecular complexity index is 644. The summed E-state index contributed by atoms with van der Waals surface area (Å²) < 4.78 is 5.96. The lowest BCUT2D eigenvalue weighted by atomic mass is 10.1. The average Bonchev–Trinajstić information content (AvgIpc) is 2.48. The fraction of sp³-hybridized carbons (Fsp3) is 0.188. The van der Waals surface area contributed by atoms with Gasteiger partial charge in [0.15, 0.2) is 0 Å². The molecule has 0 aromatic heterocycles. The zero-order valence-corrected chi connectivity index (χ0v) is 13.3. The second-order valence-electron chi connectivity index (χ2n) is 4.59. The number of carbonyl (C=O) groups excluding carboxylic acids is 1. The molecule has 0 aliphatic heterocycles. The van der Waals surface area contributed by atoms with E-state index in [1.54, 1.807) is 13.2 Å². The Labute approximate surface area is 132 Å². The van der Waals surface area contributed by atoms with Gasteiger partial charge in [0, 0.05) is 22.6 Å². The standard InChI is InChI=1S/C16H17BrN2O2/c1-21-12-7-8-13(17)15(10-12)19-16(20)9-6-11-4-2-3-5-14(11)18/h2-5,7-8,10H,6,9,18H2,1H3,(H,19,20). The molecule has 0 unspecified atom stereocenters. The molecule has 0 saturated heterocycles. The minimum Gasteiger partial charge on any atom is -0.497 e. The summed E-state index contributed by atoms with van der Waals surface area (Å²) >= 11 is 3.41. The van der Waals surface area contributed by atoms with Crippen LogP contribution in [0.2, 0.25) is 0 Å². The molecule has 2 aromatic carbocycles. The van der Waals surface area contributed by atoms with E-state index >= 15 is 0 Å². The van der Waals surface area contributed by atoms with Crippen molar-refractivity contribution in [3.8, 4) is 5.75 Å². The van der Waals surface area contributed by atoms with Crippen LogP contribution in [0, 0.1) is 0 Å². The number of para-hydroxylation sites is 1. The molecule has 5 heteroatoms. The Kier molecular flexibility index (Phi) is 5.22. The van der Waals surface area contributed by atoms with Gasteiger partial charge in [0.05, 0.1) is 12.8 Å². The maximum Gasteiger partial charge on any atom is 0.224 e. The summed E-state index contributed by atoms with van der Waals surface area (Å²) in [6.45, 7) is 0. The minimum absolute atomic E-state index is 0.0628. The molecule has 0 saturated carbocycles. The summed E-state index contributed by atoms with van der Waals surface area (Å²) in [5.74, 6) is 0.632. The Morgan fingerprint density at radius 1 is 1.29 bits per heavy atom. The van der Waals surface area contributed by atoms with Crippen LogP contribution >= 0.6 is 15.9 Å². The Balaban J connectivity index is 1.97. The van der Waals surface area contributed by atoms with Crippen LogP contribution in [0.25, 0.3) is 0 Å². The number of rotatable bonds is 5. The van der Waals surface area contributed by atoms with Gasteiger partial charge in [0.2, 0.25) is 5.91 Å². The molecule has 0 aliphatic rings. The summed E-state index contributed by atoms with van der Waals surface area (Å²) in [7, 11) is 1.59. The Morgan fingerprint density at radius 3 is 2.76 bits per heavy atom. The third-order valence-electron chi connectivity index (χ3n) is 3.12.